The number of methoxy groups -OCH3 is 1. The topological polar surface area (TPSA) is 94.2 Å². The van der Waals surface area contributed by atoms with Crippen LogP contribution in [0.15, 0.2) is 4.91 Å². The monoisotopic (exact) mass is 301 g/mol. The molecule has 0 saturated heterocycles. The number of unbranched alkanes of at least 4 members (excludes halogenated alkanes) is 1. The second-order valence-electron chi connectivity index (χ2n) is 4.87. The lowest BCUT2D eigenvalue weighted by Gasteiger charge is -2.30. The Kier molecular flexibility index (Phi) is 8.35. The van der Waals surface area contributed by atoms with Gasteiger partial charge in [0.25, 0.3) is 10.0 Å². The van der Waals surface area contributed by atoms with Crippen LogP contribution in [-0.2, 0) is 14.8 Å². The fourth-order valence-corrected chi connectivity index (χ4v) is 3.19. The summed E-state index contributed by atoms with van der Waals surface area (Å²) in [6, 6.07) is 1.28. The summed E-state index contributed by atoms with van der Waals surface area (Å²) in [5, 5.41) is 15.8. The molecule has 114 valence electrons. The summed E-state index contributed by atoms with van der Waals surface area (Å²) >= 11 is 0. The van der Waals surface area contributed by atoms with Gasteiger partial charge in [-0.2, -0.15) is 9.57 Å². The number of nitrogens with zero attached hydrogens (tertiary/aromatic N) is 2. The third-order valence-corrected chi connectivity index (χ3v) is 5.02. The Bertz CT molecular complexity index is 487. The van der Waals surface area contributed by atoms with E-state index in [9.17, 15) is 8.42 Å². The predicted octanol–water partition coefficient (Wildman–Crippen LogP) is 1.75. The molecule has 0 aliphatic carbocycles. The minimum Gasteiger partial charge on any atom is -0.385 e. The summed E-state index contributed by atoms with van der Waals surface area (Å²) in [6.45, 7) is 6.51. The Morgan fingerprint density at radius 1 is 1.35 bits per heavy atom. The second-order valence-corrected chi connectivity index (χ2v) is 6.69. The van der Waals surface area contributed by atoms with Crippen LogP contribution in [0.4, 0.5) is 0 Å². The van der Waals surface area contributed by atoms with E-state index >= 15 is 0 Å². The molecule has 0 radical (unpaired) electrons. The van der Waals surface area contributed by atoms with Gasteiger partial charge in [-0.25, -0.2) is 8.42 Å². The van der Waals surface area contributed by atoms with E-state index in [1.807, 2.05) is 13.8 Å². The molecule has 1 atom stereocenters. The first kappa shape index (κ1) is 18.8. The van der Waals surface area contributed by atoms with Crippen molar-refractivity contribution in [3.05, 3.63) is 4.91 Å². The van der Waals surface area contributed by atoms with Crippen LogP contribution in [-0.4, -0.2) is 44.9 Å². The van der Waals surface area contributed by atoms with Gasteiger partial charge in [0.05, 0.1) is 0 Å². The molecular weight excluding hydrogens is 278 g/mol. The standard InChI is InChI=1S/C13H23N3O3S/c1-11(2)12(3)16(7-5-6-8-19-4)20(17,18)13(9-14)10-15/h11-12,14H,5-8H2,1-4H3/t12-/m1/s1. The van der Waals surface area contributed by atoms with E-state index in [1.165, 1.54) is 10.4 Å². The van der Waals surface area contributed by atoms with E-state index in [0.29, 0.717) is 19.6 Å². The van der Waals surface area contributed by atoms with Crippen LogP contribution in [0.5, 0.6) is 0 Å². The molecule has 0 aromatic rings. The molecule has 0 bridgehead atoms. The highest BCUT2D eigenvalue weighted by molar-refractivity contribution is 7.93. The zero-order chi connectivity index (χ0) is 15.8. The van der Waals surface area contributed by atoms with Crippen molar-refractivity contribution in [1.82, 2.24) is 4.31 Å². The predicted molar refractivity (Wildman–Crippen MR) is 77.9 cm³/mol. The fourth-order valence-electron chi connectivity index (χ4n) is 1.66. The zero-order valence-corrected chi connectivity index (χ0v) is 13.3. The average molecular weight is 301 g/mol. The summed E-state index contributed by atoms with van der Waals surface area (Å²) in [5.41, 5.74) is 0. The van der Waals surface area contributed by atoms with Crippen molar-refractivity contribution in [3.63, 3.8) is 0 Å². The first-order chi connectivity index (χ1) is 9.32. The first-order valence-corrected chi connectivity index (χ1v) is 7.97. The van der Waals surface area contributed by atoms with Gasteiger partial charge in [0.1, 0.15) is 6.07 Å². The van der Waals surface area contributed by atoms with Gasteiger partial charge in [0.15, 0.2) is 0 Å². The van der Waals surface area contributed by atoms with Crippen LogP contribution in [0.2, 0.25) is 0 Å². The van der Waals surface area contributed by atoms with E-state index in [-0.39, 0.29) is 12.0 Å². The molecule has 20 heavy (non-hydrogen) atoms. The Labute approximate surface area is 121 Å². The highest BCUT2D eigenvalue weighted by Crippen LogP contribution is 2.20. The minimum atomic E-state index is -3.95. The smallest absolute Gasteiger partial charge is 0.262 e. The highest BCUT2D eigenvalue weighted by Gasteiger charge is 2.32. The summed E-state index contributed by atoms with van der Waals surface area (Å²) in [4.78, 5) is -0.642. The molecule has 1 N–H and O–H groups in total. The largest absolute Gasteiger partial charge is 0.385 e. The lowest BCUT2D eigenvalue weighted by atomic mass is 10.1. The Balaban J connectivity index is 5.23. The van der Waals surface area contributed by atoms with Crippen molar-refractivity contribution in [2.45, 2.75) is 39.7 Å². The molecule has 0 heterocycles. The number of ether oxygens (including phenoxy) is 1. The molecule has 0 spiro atoms. The van der Waals surface area contributed by atoms with Gasteiger partial charge in [0.2, 0.25) is 4.91 Å². The number of nitriles is 1. The van der Waals surface area contributed by atoms with E-state index < -0.39 is 14.9 Å². The number of hydrogen-bond acceptors (Lipinski definition) is 5. The maximum Gasteiger partial charge on any atom is 0.262 e. The number of hydrogen-bond donors (Lipinski definition) is 1. The van der Waals surface area contributed by atoms with Crippen LogP contribution in [0.25, 0.3) is 0 Å². The van der Waals surface area contributed by atoms with Crippen LogP contribution < -0.4 is 0 Å². The summed E-state index contributed by atoms with van der Waals surface area (Å²) in [6.07, 6.45) is 1.38. The number of rotatable bonds is 9. The van der Waals surface area contributed by atoms with Gasteiger partial charge in [-0.05, 0) is 25.7 Å². The van der Waals surface area contributed by atoms with Crippen LogP contribution in [0.3, 0.4) is 0 Å². The van der Waals surface area contributed by atoms with Crippen LogP contribution in [0.1, 0.15) is 33.6 Å². The average Bonchev–Trinajstić information content (AvgIpc) is 2.38. The molecule has 7 heteroatoms. The number of allylic oxidation sites excluding steroid dienone is 1. The Hall–Kier alpha value is -1.19. The molecule has 0 unspecified atom stereocenters. The van der Waals surface area contributed by atoms with Crippen molar-refractivity contribution in [2.24, 2.45) is 5.92 Å². The maximum absolute atomic E-state index is 12.4. The summed E-state index contributed by atoms with van der Waals surface area (Å²) in [7, 11) is -2.35. The molecule has 0 rings (SSSR count). The van der Waals surface area contributed by atoms with Crippen molar-refractivity contribution in [3.8, 4) is 6.07 Å². The third kappa shape index (κ3) is 5.06. The Morgan fingerprint density at radius 3 is 2.35 bits per heavy atom. The summed E-state index contributed by atoms with van der Waals surface area (Å²) < 4.78 is 30.9. The molecular formula is C13H23N3O3S. The van der Waals surface area contributed by atoms with E-state index in [1.54, 1.807) is 19.9 Å². The minimum absolute atomic E-state index is 0.109. The van der Waals surface area contributed by atoms with Crippen molar-refractivity contribution in [2.75, 3.05) is 20.3 Å². The maximum atomic E-state index is 12.4. The fraction of sp³-hybridized carbons (Fsp3) is 0.769. The molecule has 6 nitrogen and oxygen atoms in total. The molecule has 0 aromatic carbocycles. The third-order valence-electron chi connectivity index (χ3n) is 3.18. The van der Waals surface area contributed by atoms with Crippen molar-refractivity contribution in [1.29, 1.82) is 10.7 Å². The first-order valence-electron chi connectivity index (χ1n) is 6.53. The lowest BCUT2D eigenvalue weighted by Crippen LogP contribution is -2.42. The molecule has 0 saturated carbocycles. The van der Waals surface area contributed by atoms with E-state index in [0.717, 1.165) is 6.42 Å². The quantitative estimate of drug-likeness (QED) is 0.399. The molecule has 0 aliphatic rings. The highest BCUT2D eigenvalue weighted by atomic mass is 32.2. The SMILES string of the molecule is COCCCCN([C@H](C)C(C)C)S(=O)(=O)C(=C=N)C#N. The van der Waals surface area contributed by atoms with Crippen molar-refractivity contribution < 1.29 is 13.2 Å². The number of nitrogens with one attached hydrogen (secondary N) is 1. The normalized spacial score (nSPS) is 13.1. The van der Waals surface area contributed by atoms with Gasteiger partial charge < -0.3 is 4.74 Å². The molecule has 0 aromatic heterocycles. The van der Waals surface area contributed by atoms with Gasteiger partial charge in [0, 0.05) is 32.2 Å². The van der Waals surface area contributed by atoms with Crippen molar-refractivity contribution >= 4 is 15.9 Å². The van der Waals surface area contributed by atoms with Gasteiger partial charge >= 0.3 is 0 Å². The Morgan fingerprint density at radius 2 is 1.95 bits per heavy atom. The van der Waals surface area contributed by atoms with E-state index in [4.69, 9.17) is 15.4 Å². The molecule has 0 amide bonds. The zero-order valence-electron chi connectivity index (χ0n) is 12.5. The molecule has 0 aliphatic heterocycles. The van der Waals surface area contributed by atoms with Gasteiger partial charge in [-0.3, -0.25) is 5.41 Å². The van der Waals surface area contributed by atoms with Crippen LogP contribution in [0, 0.1) is 22.7 Å². The molecule has 0 fully saturated rings. The van der Waals surface area contributed by atoms with E-state index in [2.05, 4.69) is 0 Å². The lowest BCUT2D eigenvalue weighted by molar-refractivity contribution is 0.186. The number of sulfonamides is 1. The second kappa shape index (κ2) is 8.88. The van der Waals surface area contributed by atoms with Gasteiger partial charge in [-0.15, -0.1) is 0 Å². The summed E-state index contributed by atoms with van der Waals surface area (Å²) in [5.74, 6) is 1.83. The van der Waals surface area contributed by atoms with Crippen LogP contribution >= 0.6 is 0 Å². The van der Waals surface area contributed by atoms with Gasteiger partial charge in [-0.1, -0.05) is 13.8 Å².